The van der Waals surface area contributed by atoms with E-state index in [1.807, 2.05) is 39.0 Å². The van der Waals surface area contributed by atoms with Crippen LogP contribution in [-0.2, 0) is 33.4 Å². The second-order valence-electron chi connectivity index (χ2n) is 18.1. The molecule has 0 aromatic rings. The molecule has 0 aromatic carbocycles. The van der Waals surface area contributed by atoms with E-state index in [1.54, 1.807) is 20.8 Å². The average molecular weight is 819 g/mol. The summed E-state index contributed by atoms with van der Waals surface area (Å²) in [6.07, 6.45) is 7.01. The Balaban J connectivity index is 2.05. The topological polar surface area (TPSA) is 197 Å². The van der Waals surface area contributed by atoms with Crippen LogP contribution in [0.4, 0.5) is 0 Å². The molecule has 5 N–H and O–H groups in total. The van der Waals surface area contributed by atoms with E-state index in [4.69, 9.17) is 14.2 Å². The predicted octanol–water partition coefficient (Wildman–Crippen LogP) is 5.45. The van der Waals surface area contributed by atoms with E-state index in [0.717, 1.165) is 6.42 Å². The Morgan fingerprint density at radius 2 is 1.47 bits per heavy atom. The maximum absolute atomic E-state index is 14.1. The van der Waals surface area contributed by atoms with Gasteiger partial charge in [0.2, 0.25) is 5.79 Å². The number of carbonyl (C=O) groups is 4. The summed E-state index contributed by atoms with van der Waals surface area (Å²) in [7, 11) is 0. The van der Waals surface area contributed by atoms with E-state index >= 15 is 0 Å². The summed E-state index contributed by atoms with van der Waals surface area (Å²) in [5, 5.41) is 55.1. The summed E-state index contributed by atoms with van der Waals surface area (Å²) in [5.74, 6) is -9.45. The number of allylic oxidation sites excluding steroid dienone is 4. The Morgan fingerprint density at radius 1 is 0.828 bits per heavy atom. The van der Waals surface area contributed by atoms with Crippen molar-refractivity contribution in [3.05, 3.63) is 36.5 Å². The zero-order valence-electron chi connectivity index (χ0n) is 36.7. The van der Waals surface area contributed by atoms with Gasteiger partial charge in [0, 0.05) is 42.1 Å². The number of aliphatic hydroxyl groups is 5. The van der Waals surface area contributed by atoms with Gasteiger partial charge in [-0.15, -0.1) is 0 Å². The van der Waals surface area contributed by atoms with Crippen molar-refractivity contribution < 1.29 is 58.9 Å². The number of carbonyl (C=O) groups excluding carboxylic acids is 4. The van der Waals surface area contributed by atoms with Crippen LogP contribution >= 0.6 is 0 Å². The zero-order valence-corrected chi connectivity index (χ0v) is 36.7. The minimum absolute atomic E-state index is 0.132. The zero-order chi connectivity index (χ0) is 43.9. The van der Waals surface area contributed by atoms with Crippen molar-refractivity contribution in [3.63, 3.8) is 0 Å². The van der Waals surface area contributed by atoms with Gasteiger partial charge in [-0.2, -0.15) is 0 Å². The molecule has 1 spiro atoms. The first kappa shape index (κ1) is 49.8. The molecule has 12 nitrogen and oxygen atoms in total. The Labute approximate surface area is 346 Å². The maximum Gasteiger partial charge on any atom is 0.330 e. The van der Waals surface area contributed by atoms with Crippen molar-refractivity contribution in [2.75, 3.05) is 0 Å². The molecule has 18 atom stereocenters. The first-order valence-corrected chi connectivity index (χ1v) is 21.7. The van der Waals surface area contributed by atoms with Crippen LogP contribution < -0.4 is 0 Å². The molecule has 0 amide bonds. The van der Waals surface area contributed by atoms with Crippen LogP contribution in [0.3, 0.4) is 0 Å². The number of fused-ring (bicyclic) bond motifs is 2. The summed E-state index contributed by atoms with van der Waals surface area (Å²) in [6, 6.07) is 0. The van der Waals surface area contributed by atoms with Crippen LogP contribution in [0, 0.1) is 53.3 Å². The molecule has 2 fully saturated rings. The van der Waals surface area contributed by atoms with Gasteiger partial charge in [0.25, 0.3) is 0 Å². The van der Waals surface area contributed by atoms with Gasteiger partial charge < -0.3 is 39.7 Å². The van der Waals surface area contributed by atoms with Crippen LogP contribution in [0.2, 0.25) is 0 Å². The van der Waals surface area contributed by atoms with Crippen molar-refractivity contribution >= 4 is 23.3 Å². The number of hydrogen-bond acceptors (Lipinski definition) is 12. The number of ketones is 3. The van der Waals surface area contributed by atoms with E-state index in [2.05, 4.69) is 13.0 Å². The molecular weight excluding hydrogens is 744 g/mol. The smallest absolute Gasteiger partial charge is 0.330 e. The minimum Gasteiger partial charge on any atom is -0.458 e. The van der Waals surface area contributed by atoms with Gasteiger partial charge in [-0.1, -0.05) is 92.7 Å². The van der Waals surface area contributed by atoms with E-state index in [9.17, 15) is 44.7 Å². The number of aliphatic hydroxyl groups excluding tert-OH is 4. The van der Waals surface area contributed by atoms with Crippen molar-refractivity contribution in [1.29, 1.82) is 0 Å². The lowest BCUT2D eigenvalue weighted by Gasteiger charge is -2.54. The normalized spacial score (nSPS) is 44.0. The van der Waals surface area contributed by atoms with E-state index < -0.39 is 107 Å². The Morgan fingerprint density at radius 3 is 2.07 bits per heavy atom. The van der Waals surface area contributed by atoms with Crippen LogP contribution in [0.1, 0.15) is 121 Å². The Kier molecular flexibility index (Phi) is 18.3. The molecule has 3 aliphatic rings. The molecule has 0 radical (unpaired) electrons. The molecule has 3 rings (SSSR count). The van der Waals surface area contributed by atoms with Gasteiger partial charge in [0.15, 0.2) is 11.6 Å². The monoisotopic (exact) mass is 819 g/mol. The molecule has 2 saturated heterocycles. The lowest BCUT2D eigenvalue weighted by atomic mass is 9.72. The van der Waals surface area contributed by atoms with Gasteiger partial charge in [0.1, 0.15) is 17.5 Å². The SMILES string of the molecule is CCC1C=CC=CCC(C)C(O)C(C)(O)C(=O)C(C)C(O)C(C)C(=O)C(C)C(O)C(C)C=CC(=O)OC2C(C)C(CC1)OC1(OC(CC(C)O)C(C)CC1=O)C2CC. The van der Waals surface area contributed by atoms with Gasteiger partial charge in [-0.25, -0.2) is 4.79 Å². The third-order valence-corrected chi connectivity index (χ3v) is 13.5. The molecule has 0 saturated carbocycles. The van der Waals surface area contributed by atoms with E-state index in [1.165, 1.54) is 39.8 Å². The van der Waals surface area contributed by atoms with E-state index in [0.29, 0.717) is 32.1 Å². The van der Waals surface area contributed by atoms with Crippen molar-refractivity contribution in [3.8, 4) is 0 Å². The largest absolute Gasteiger partial charge is 0.458 e. The second-order valence-corrected chi connectivity index (χ2v) is 18.1. The second kappa shape index (κ2) is 21.3. The van der Waals surface area contributed by atoms with Gasteiger partial charge in [0.05, 0.1) is 42.5 Å². The quantitative estimate of drug-likeness (QED) is 0.225. The predicted molar refractivity (Wildman–Crippen MR) is 220 cm³/mol. The molecule has 18 unspecified atom stereocenters. The summed E-state index contributed by atoms with van der Waals surface area (Å²) in [4.78, 5) is 54.8. The summed E-state index contributed by atoms with van der Waals surface area (Å²) in [6.45, 7) is 18.5. The minimum atomic E-state index is -2.21. The molecule has 58 heavy (non-hydrogen) atoms. The fourth-order valence-electron chi connectivity index (χ4n) is 9.21. The first-order valence-electron chi connectivity index (χ1n) is 21.7. The van der Waals surface area contributed by atoms with Gasteiger partial charge in [-0.05, 0) is 70.1 Å². The van der Waals surface area contributed by atoms with E-state index in [-0.39, 0.29) is 30.0 Å². The number of esters is 1. The molecule has 3 aliphatic heterocycles. The highest BCUT2D eigenvalue weighted by atomic mass is 16.7. The van der Waals surface area contributed by atoms with Crippen LogP contribution in [0.5, 0.6) is 0 Å². The molecule has 12 heteroatoms. The van der Waals surface area contributed by atoms with Crippen LogP contribution in [0.15, 0.2) is 36.5 Å². The number of hydrogen-bond donors (Lipinski definition) is 5. The highest BCUT2D eigenvalue weighted by Crippen LogP contribution is 2.48. The highest BCUT2D eigenvalue weighted by molar-refractivity contribution is 5.91. The number of rotatable bonds is 4. The van der Waals surface area contributed by atoms with Gasteiger partial charge >= 0.3 is 5.97 Å². The maximum atomic E-state index is 14.1. The molecule has 0 aliphatic carbocycles. The van der Waals surface area contributed by atoms with Gasteiger partial charge in [-0.3, -0.25) is 14.4 Å². The number of ether oxygens (including phenoxy) is 3. The Bertz CT molecular complexity index is 1480. The summed E-state index contributed by atoms with van der Waals surface area (Å²) < 4.78 is 19.7. The average Bonchev–Trinajstić information content (AvgIpc) is 3.18. The Hall–Kier alpha value is -2.58. The molecular formula is C46H74O12. The highest BCUT2D eigenvalue weighted by Gasteiger charge is 2.61. The standard InChI is InChI=1S/C46H74O12/c1-12-33-18-16-14-15-17-26(4)43(53)45(11,55)44(54)32(10)41(52)31(9)40(51)30(8)39(50)25(3)19-22-38(49)56-42-29(7)35(21-20-33)57-46(34(42)13-2)37(48)23-27(5)36(58-46)24-28(6)47/h14-16,18-19,22,25-36,39,41-43,47,50,52-53,55H,12-13,17,20-21,23-24H2,1-11H3. The molecule has 2 bridgehead atoms. The lowest BCUT2D eigenvalue weighted by molar-refractivity contribution is -0.347. The summed E-state index contributed by atoms with van der Waals surface area (Å²) in [5.41, 5.74) is -2.21. The van der Waals surface area contributed by atoms with Crippen LogP contribution in [0.25, 0.3) is 0 Å². The summed E-state index contributed by atoms with van der Waals surface area (Å²) >= 11 is 0. The van der Waals surface area contributed by atoms with Crippen molar-refractivity contribution in [1.82, 2.24) is 0 Å². The lowest BCUT2D eigenvalue weighted by Crippen LogP contribution is -2.67. The fraction of sp³-hybridized carbons (Fsp3) is 0.783. The van der Waals surface area contributed by atoms with Crippen LogP contribution in [-0.4, -0.2) is 103 Å². The van der Waals surface area contributed by atoms with Crippen molar-refractivity contribution in [2.24, 2.45) is 53.3 Å². The third kappa shape index (κ3) is 11.4. The fourth-order valence-corrected chi connectivity index (χ4v) is 9.21. The molecule has 330 valence electrons. The van der Waals surface area contributed by atoms with Crippen molar-refractivity contribution in [2.45, 2.75) is 175 Å². The molecule has 0 aromatic heterocycles. The third-order valence-electron chi connectivity index (χ3n) is 13.5. The first-order chi connectivity index (χ1) is 27.0. The number of Topliss-reactive ketones (excluding diaryl/α,β-unsaturated/α-hetero) is 3. The molecule has 3 heterocycles.